The number of nitrogens with zero attached hydrogens (tertiary/aromatic N) is 2. The van der Waals surface area contributed by atoms with Crippen LogP contribution in [0.2, 0.25) is 0 Å². The first kappa shape index (κ1) is 13.3. The zero-order valence-electron chi connectivity index (χ0n) is 10.9. The van der Waals surface area contributed by atoms with E-state index in [2.05, 4.69) is 6.92 Å². The second-order valence-corrected chi connectivity index (χ2v) is 4.46. The van der Waals surface area contributed by atoms with Gasteiger partial charge in [-0.3, -0.25) is 4.79 Å². The van der Waals surface area contributed by atoms with Crippen molar-refractivity contribution in [1.82, 2.24) is 4.57 Å². The summed E-state index contributed by atoms with van der Waals surface area (Å²) in [7, 11) is 0. The molecule has 0 unspecified atom stereocenters. The molecule has 4 heteroatoms. The van der Waals surface area contributed by atoms with E-state index < -0.39 is 5.78 Å². The Balaban J connectivity index is 2.59. The smallest absolute Gasteiger partial charge is 0.264 e. The van der Waals surface area contributed by atoms with Gasteiger partial charge in [-0.25, -0.2) is 0 Å². The minimum Gasteiger partial charge on any atom is -0.396 e. The number of carbonyl (C=O) groups excluding carboxylic acids is 1. The van der Waals surface area contributed by atoms with Gasteiger partial charge < -0.3 is 9.67 Å². The molecule has 4 nitrogen and oxygen atoms in total. The lowest BCUT2D eigenvalue weighted by molar-refractivity contribution is 0.105. The number of benzene rings is 1. The molecule has 1 N–H and O–H groups in total. The molecule has 0 radical (unpaired) electrons. The molecule has 0 spiro atoms. The highest BCUT2D eigenvalue weighted by atomic mass is 16.3. The Hall–Kier alpha value is -2.12. The summed E-state index contributed by atoms with van der Waals surface area (Å²) < 4.78 is 1.94. The third-order valence-corrected chi connectivity index (χ3v) is 3.26. The van der Waals surface area contributed by atoms with Crippen LogP contribution in [0.5, 0.6) is 0 Å². The third kappa shape index (κ3) is 2.51. The number of hydrogen-bond donors (Lipinski definition) is 1. The Morgan fingerprint density at radius 3 is 2.89 bits per heavy atom. The summed E-state index contributed by atoms with van der Waals surface area (Å²) in [6.45, 7) is 2.82. The van der Waals surface area contributed by atoms with Gasteiger partial charge in [0, 0.05) is 30.3 Å². The summed E-state index contributed by atoms with van der Waals surface area (Å²) in [6, 6.07) is 7.59. The van der Waals surface area contributed by atoms with E-state index in [9.17, 15) is 4.79 Å². The first-order valence-corrected chi connectivity index (χ1v) is 6.38. The molecule has 2 aromatic rings. The monoisotopic (exact) mass is 256 g/mol. The van der Waals surface area contributed by atoms with Crippen LogP contribution < -0.4 is 0 Å². The Bertz CT molecular complexity index is 650. The van der Waals surface area contributed by atoms with E-state index >= 15 is 0 Å². The maximum absolute atomic E-state index is 11.6. The van der Waals surface area contributed by atoms with Crippen molar-refractivity contribution in [1.29, 1.82) is 5.26 Å². The van der Waals surface area contributed by atoms with Crippen molar-refractivity contribution in [3.05, 3.63) is 35.5 Å². The molecule has 2 rings (SSSR count). The lowest BCUT2D eigenvalue weighted by Gasteiger charge is -2.04. The largest absolute Gasteiger partial charge is 0.396 e. The van der Waals surface area contributed by atoms with E-state index in [4.69, 9.17) is 10.4 Å². The number of carbonyl (C=O) groups is 1. The van der Waals surface area contributed by atoms with E-state index in [-0.39, 0.29) is 6.61 Å². The van der Waals surface area contributed by atoms with Crippen molar-refractivity contribution in [2.45, 2.75) is 26.3 Å². The Morgan fingerprint density at radius 2 is 2.26 bits per heavy atom. The molecule has 19 heavy (non-hydrogen) atoms. The summed E-state index contributed by atoms with van der Waals surface area (Å²) in [5.41, 5.74) is 2.58. The van der Waals surface area contributed by atoms with Gasteiger partial charge in [0.25, 0.3) is 5.78 Å². The van der Waals surface area contributed by atoms with Crippen LogP contribution >= 0.6 is 0 Å². The highest BCUT2D eigenvalue weighted by molar-refractivity contribution is 6.15. The van der Waals surface area contributed by atoms with Crippen molar-refractivity contribution in [2.24, 2.45) is 0 Å². The van der Waals surface area contributed by atoms with Gasteiger partial charge in [0.1, 0.15) is 6.07 Å². The van der Waals surface area contributed by atoms with Gasteiger partial charge in [-0.1, -0.05) is 19.1 Å². The first-order valence-electron chi connectivity index (χ1n) is 6.38. The van der Waals surface area contributed by atoms with Crippen LogP contribution in [0, 0.1) is 11.3 Å². The van der Waals surface area contributed by atoms with Gasteiger partial charge in [0.2, 0.25) is 0 Å². The second kappa shape index (κ2) is 5.68. The lowest BCUT2D eigenvalue weighted by Crippen LogP contribution is -1.99. The minimum absolute atomic E-state index is 0.106. The minimum atomic E-state index is -0.517. The number of aromatic nitrogens is 1. The number of rotatable bonds is 5. The summed E-state index contributed by atoms with van der Waals surface area (Å²) in [6.07, 6.45) is 3.26. The third-order valence-electron chi connectivity index (χ3n) is 3.26. The number of hydrogen-bond acceptors (Lipinski definition) is 3. The van der Waals surface area contributed by atoms with Gasteiger partial charge in [-0.2, -0.15) is 5.26 Å². The number of aliphatic hydroxyl groups is 1. The van der Waals surface area contributed by atoms with E-state index in [0.29, 0.717) is 18.5 Å². The Morgan fingerprint density at radius 1 is 1.47 bits per heavy atom. The van der Waals surface area contributed by atoms with Gasteiger partial charge >= 0.3 is 0 Å². The highest BCUT2D eigenvalue weighted by Gasteiger charge is 2.14. The molecule has 0 saturated heterocycles. The quantitative estimate of drug-likeness (QED) is 0.659. The standard InChI is InChI=1S/C15H16N2O2/c1-2-11-4-5-12-13(15(19)9-16)10-17(6-3-7-18)14(12)8-11/h4-5,8,10,18H,2-3,6-7H2,1H3. The molecule has 1 heterocycles. The number of aliphatic hydroxyl groups excluding tert-OH is 1. The first-order chi connectivity index (χ1) is 9.21. The van der Waals surface area contributed by atoms with E-state index in [0.717, 1.165) is 17.3 Å². The summed E-state index contributed by atoms with van der Waals surface area (Å²) >= 11 is 0. The SMILES string of the molecule is CCc1ccc2c(C(=O)C#N)cn(CCCO)c2c1. The molecule has 0 amide bonds. The van der Waals surface area contributed by atoms with Gasteiger partial charge in [0.15, 0.2) is 0 Å². The average molecular weight is 256 g/mol. The van der Waals surface area contributed by atoms with Gasteiger partial charge in [-0.15, -0.1) is 0 Å². The normalized spacial score (nSPS) is 10.6. The van der Waals surface area contributed by atoms with Gasteiger partial charge in [0.05, 0.1) is 5.56 Å². The number of nitriles is 1. The Labute approximate surface area is 111 Å². The summed E-state index contributed by atoms with van der Waals surface area (Å²) in [5.74, 6) is -0.517. The fourth-order valence-corrected chi connectivity index (χ4v) is 2.22. The molecule has 1 aromatic heterocycles. The van der Waals surface area contributed by atoms with Crippen molar-refractivity contribution in [3.63, 3.8) is 0 Å². The molecule has 0 aliphatic rings. The van der Waals surface area contributed by atoms with Crippen LogP contribution in [0.4, 0.5) is 0 Å². The molecular weight excluding hydrogens is 240 g/mol. The molecule has 98 valence electrons. The predicted octanol–water partition coefficient (Wildman–Crippen LogP) is 2.29. The molecule has 1 aromatic carbocycles. The van der Waals surface area contributed by atoms with E-state index in [1.165, 1.54) is 5.56 Å². The zero-order chi connectivity index (χ0) is 13.8. The maximum atomic E-state index is 11.6. The van der Waals surface area contributed by atoms with Crippen LogP contribution in [0.25, 0.3) is 10.9 Å². The summed E-state index contributed by atoms with van der Waals surface area (Å²) in [4.78, 5) is 11.6. The molecular formula is C15H16N2O2. The highest BCUT2D eigenvalue weighted by Crippen LogP contribution is 2.24. The number of fused-ring (bicyclic) bond motifs is 1. The maximum Gasteiger partial charge on any atom is 0.264 e. The summed E-state index contributed by atoms with van der Waals surface area (Å²) in [5, 5.41) is 18.5. The van der Waals surface area contributed by atoms with Crippen molar-refractivity contribution in [2.75, 3.05) is 6.61 Å². The lowest BCUT2D eigenvalue weighted by atomic mass is 10.1. The molecule has 0 bridgehead atoms. The van der Waals surface area contributed by atoms with Gasteiger partial charge in [-0.05, 0) is 24.5 Å². The van der Waals surface area contributed by atoms with Crippen molar-refractivity contribution in [3.8, 4) is 6.07 Å². The van der Waals surface area contributed by atoms with Crippen LogP contribution in [-0.4, -0.2) is 22.1 Å². The molecule has 0 saturated carbocycles. The van der Waals surface area contributed by atoms with Crippen LogP contribution in [0.15, 0.2) is 24.4 Å². The molecule has 0 fully saturated rings. The zero-order valence-corrected chi connectivity index (χ0v) is 10.9. The van der Waals surface area contributed by atoms with E-state index in [1.807, 2.05) is 22.8 Å². The molecule has 0 aliphatic heterocycles. The number of Topliss-reactive ketones (excluding diaryl/α,β-unsaturated/α-hetero) is 1. The van der Waals surface area contributed by atoms with Crippen LogP contribution in [0.1, 0.15) is 29.3 Å². The van der Waals surface area contributed by atoms with E-state index in [1.54, 1.807) is 12.3 Å². The van der Waals surface area contributed by atoms with Crippen molar-refractivity contribution >= 4 is 16.7 Å². The van der Waals surface area contributed by atoms with Crippen LogP contribution in [0.3, 0.4) is 0 Å². The fourth-order valence-electron chi connectivity index (χ4n) is 2.22. The predicted molar refractivity (Wildman–Crippen MR) is 73.0 cm³/mol. The number of ketones is 1. The Kier molecular flexibility index (Phi) is 3.98. The van der Waals surface area contributed by atoms with Crippen molar-refractivity contribution < 1.29 is 9.90 Å². The average Bonchev–Trinajstić information content (AvgIpc) is 2.82. The second-order valence-electron chi connectivity index (χ2n) is 4.46. The number of aryl methyl sites for hydroxylation is 2. The molecule has 0 atom stereocenters. The fraction of sp³-hybridized carbons (Fsp3) is 0.333. The molecule has 0 aliphatic carbocycles. The van der Waals surface area contributed by atoms with Crippen LogP contribution in [-0.2, 0) is 13.0 Å². The topological polar surface area (TPSA) is 66.0 Å².